The highest BCUT2D eigenvalue weighted by Crippen LogP contribution is 2.24. The van der Waals surface area contributed by atoms with Gasteiger partial charge in [0.05, 0.1) is 26.1 Å². The molecule has 3 heterocycles. The van der Waals surface area contributed by atoms with E-state index in [1.165, 1.54) is 0 Å². The molecule has 6 heteroatoms. The zero-order valence-corrected chi connectivity index (χ0v) is 15.1. The van der Waals surface area contributed by atoms with Crippen molar-refractivity contribution in [2.24, 2.45) is 0 Å². The van der Waals surface area contributed by atoms with Crippen LogP contribution in [0, 0.1) is 0 Å². The first kappa shape index (κ1) is 16.9. The van der Waals surface area contributed by atoms with E-state index in [0.717, 1.165) is 39.5 Å². The van der Waals surface area contributed by atoms with Gasteiger partial charge in [-0.3, -0.25) is 9.97 Å². The molecule has 0 amide bonds. The van der Waals surface area contributed by atoms with E-state index in [9.17, 15) is 0 Å². The maximum Gasteiger partial charge on any atom is 0.179 e. The normalized spacial score (nSPS) is 10.7. The van der Waals surface area contributed by atoms with Gasteiger partial charge in [-0.15, -0.1) is 0 Å². The lowest BCUT2D eigenvalue weighted by atomic mass is 10.1. The third kappa shape index (κ3) is 3.69. The molecule has 4 aromatic rings. The molecule has 0 aliphatic carbocycles. The topological polar surface area (TPSA) is 70.0 Å². The van der Waals surface area contributed by atoms with Crippen molar-refractivity contribution in [3.05, 3.63) is 72.3 Å². The zero-order valence-electron chi connectivity index (χ0n) is 15.1. The van der Waals surface area contributed by atoms with Crippen LogP contribution in [0.2, 0.25) is 0 Å². The van der Waals surface area contributed by atoms with Crippen molar-refractivity contribution < 1.29 is 9.47 Å². The second-order valence-corrected chi connectivity index (χ2v) is 6.04. The summed E-state index contributed by atoms with van der Waals surface area (Å²) in [4.78, 5) is 17.9. The van der Waals surface area contributed by atoms with Gasteiger partial charge in [0.15, 0.2) is 5.65 Å². The van der Waals surface area contributed by atoms with Gasteiger partial charge in [0.1, 0.15) is 17.0 Å². The zero-order chi connectivity index (χ0) is 18.6. The van der Waals surface area contributed by atoms with Crippen LogP contribution in [-0.2, 0) is 6.42 Å². The molecule has 0 fully saturated rings. The van der Waals surface area contributed by atoms with Crippen molar-refractivity contribution >= 4 is 11.2 Å². The number of nitrogens with zero attached hydrogens (tertiary/aromatic N) is 4. The van der Waals surface area contributed by atoms with Crippen molar-refractivity contribution in [3.63, 3.8) is 0 Å². The summed E-state index contributed by atoms with van der Waals surface area (Å²) >= 11 is 0. The minimum absolute atomic E-state index is 0.615. The molecule has 1 aromatic carbocycles. The molecule has 0 atom stereocenters. The van der Waals surface area contributed by atoms with Gasteiger partial charge in [0, 0.05) is 36.1 Å². The molecule has 0 saturated carbocycles. The second-order valence-electron chi connectivity index (χ2n) is 6.04. The third-order valence-electron chi connectivity index (χ3n) is 4.22. The Bertz CT molecular complexity index is 1060. The standard InChI is InChI=1S/C21H18N4O2/c1-26-17-9-14(10-18(11-17)27-2)8-16-5-6-19-21(24-16)25-20(13-23-19)15-4-3-7-22-12-15/h3-7,9-13H,8H2,1-2H3. The van der Waals surface area contributed by atoms with Gasteiger partial charge in [-0.1, -0.05) is 0 Å². The van der Waals surface area contributed by atoms with E-state index in [-0.39, 0.29) is 0 Å². The quantitative estimate of drug-likeness (QED) is 0.542. The minimum Gasteiger partial charge on any atom is -0.497 e. The first-order chi connectivity index (χ1) is 13.2. The summed E-state index contributed by atoms with van der Waals surface area (Å²) in [6.07, 6.45) is 5.88. The maximum absolute atomic E-state index is 5.34. The molecule has 0 aliphatic rings. The number of benzene rings is 1. The maximum atomic E-state index is 5.34. The molecule has 0 aliphatic heterocycles. The average molecular weight is 358 g/mol. The third-order valence-corrected chi connectivity index (χ3v) is 4.22. The number of aromatic nitrogens is 4. The summed E-state index contributed by atoms with van der Waals surface area (Å²) in [5.74, 6) is 1.51. The number of fused-ring (bicyclic) bond motifs is 1. The van der Waals surface area contributed by atoms with E-state index >= 15 is 0 Å². The van der Waals surface area contributed by atoms with Crippen LogP contribution in [0.5, 0.6) is 11.5 Å². The number of hydrogen-bond donors (Lipinski definition) is 0. The molecule has 0 bridgehead atoms. The van der Waals surface area contributed by atoms with Crippen LogP contribution in [0.3, 0.4) is 0 Å². The van der Waals surface area contributed by atoms with Gasteiger partial charge in [-0.25, -0.2) is 9.97 Å². The summed E-state index contributed by atoms with van der Waals surface area (Å²) in [7, 11) is 3.28. The highest BCUT2D eigenvalue weighted by Gasteiger charge is 2.08. The van der Waals surface area contributed by atoms with Crippen LogP contribution in [0.4, 0.5) is 0 Å². The van der Waals surface area contributed by atoms with Crippen LogP contribution in [0.1, 0.15) is 11.3 Å². The summed E-state index contributed by atoms with van der Waals surface area (Å²) in [5.41, 5.74) is 4.99. The highest BCUT2D eigenvalue weighted by atomic mass is 16.5. The Balaban J connectivity index is 1.69. The van der Waals surface area contributed by atoms with Gasteiger partial charge in [0.2, 0.25) is 0 Å². The summed E-state index contributed by atoms with van der Waals surface area (Å²) in [6.45, 7) is 0. The van der Waals surface area contributed by atoms with E-state index in [0.29, 0.717) is 12.1 Å². The van der Waals surface area contributed by atoms with Gasteiger partial charge in [-0.05, 0) is 42.0 Å². The van der Waals surface area contributed by atoms with Gasteiger partial charge < -0.3 is 9.47 Å². The Morgan fingerprint density at radius 1 is 0.889 bits per heavy atom. The van der Waals surface area contributed by atoms with Crippen LogP contribution >= 0.6 is 0 Å². The Kier molecular flexibility index (Phi) is 4.61. The SMILES string of the molecule is COc1cc(Cc2ccc3ncc(-c4cccnc4)nc3n2)cc(OC)c1. The van der Waals surface area contributed by atoms with E-state index in [1.807, 2.05) is 42.5 Å². The smallest absolute Gasteiger partial charge is 0.179 e. The van der Waals surface area contributed by atoms with Crippen LogP contribution in [0.25, 0.3) is 22.4 Å². The predicted molar refractivity (Wildman–Crippen MR) is 103 cm³/mol. The molecule has 0 radical (unpaired) electrons. The van der Waals surface area contributed by atoms with Crippen molar-refractivity contribution in [3.8, 4) is 22.8 Å². The minimum atomic E-state index is 0.615. The van der Waals surface area contributed by atoms with E-state index in [2.05, 4.69) is 15.0 Å². The predicted octanol–water partition coefficient (Wildman–Crippen LogP) is 3.69. The lowest BCUT2D eigenvalue weighted by Gasteiger charge is -2.09. The van der Waals surface area contributed by atoms with Crippen molar-refractivity contribution in [1.29, 1.82) is 0 Å². The molecular formula is C21H18N4O2. The molecule has 3 aromatic heterocycles. The summed E-state index contributed by atoms with van der Waals surface area (Å²) in [5, 5.41) is 0. The first-order valence-corrected chi connectivity index (χ1v) is 8.50. The molecular weight excluding hydrogens is 340 g/mol. The lowest BCUT2D eigenvalue weighted by Crippen LogP contribution is -1.98. The summed E-state index contributed by atoms with van der Waals surface area (Å²) in [6, 6.07) is 13.5. The molecule has 27 heavy (non-hydrogen) atoms. The Hall–Kier alpha value is -3.54. The molecule has 0 saturated heterocycles. The number of methoxy groups -OCH3 is 2. The van der Waals surface area contributed by atoms with Crippen molar-refractivity contribution in [1.82, 2.24) is 19.9 Å². The Morgan fingerprint density at radius 3 is 2.41 bits per heavy atom. The second kappa shape index (κ2) is 7.37. The number of pyridine rings is 2. The van der Waals surface area contributed by atoms with Crippen molar-refractivity contribution in [2.75, 3.05) is 14.2 Å². The monoisotopic (exact) mass is 358 g/mol. The van der Waals surface area contributed by atoms with Crippen LogP contribution in [0.15, 0.2) is 61.1 Å². The first-order valence-electron chi connectivity index (χ1n) is 8.50. The fourth-order valence-electron chi connectivity index (χ4n) is 2.87. The number of ether oxygens (including phenoxy) is 2. The fraction of sp³-hybridized carbons (Fsp3) is 0.143. The van der Waals surface area contributed by atoms with Crippen LogP contribution < -0.4 is 9.47 Å². The molecule has 0 spiro atoms. The molecule has 134 valence electrons. The molecule has 0 N–H and O–H groups in total. The van der Waals surface area contributed by atoms with E-state index in [4.69, 9.17) is 14.5 Å². The number of rotatable bonds is 5. The van der Waals surface area contributed by atoms with Gasteiger partial charge in [0.25, 0.3) is 0 Å². The molecule has 4 rings (SSSR count). The van der Waals surface area contributed by atoms with Gasteiger partial charge in [-0.2, -0.15) is 0 Å². The molecule has 0 unspecified atom stereocenters. The Morgan fingerprint density at radius 2 is 1.70 bits per heavy atom. The lowest BCUT2D eigenvalue weighted by molar-refractivity contribution is 0.393. The summed E-state index contributed by atoms with van der Waals surface area (Å²) < 4.78 is 10.7. The highest BCUT2D eigenvalue weighted by molar-refractivity contribution is 5.73. The fourth-order valence-corrected chi connectivity index (χ4v) is 2.87. The van der Waals surface area contributed by atoms with E-state index in [1.54, 1.807) is 32.8 Å². The number of hydrogen-bond acceptors (Lipinski definition) is 6. The largest absolute Gasteiger partial charge is 0.497 e. The Labute approximate surface area is 156 Å². The van der Waals surface area contributed by atoms with E-state index < -0.39 is 0 Å². The molecule has 6 nitrogen and oxygen atoms in total. The van der Waals surface area contributed by atoms with Crippen molar-refractivity contribution in [2.45, 2.75) is 6.42 Å². The van der Waals surface area contributed by atoms with Crippen LogP contribution in [-0.4, -0.2) is 34.2 Å². The average Bonchev–Trinajstić information content (AvgIpc) is 2.73. The van der Waals surface area contributed by atoms with Gasteiger partial charge >= 0.3 is 0 Å².